The Morgan fingerprint density at radius 1 is 1.02 bits per heavy atom. The molecule has 2 aliphatic heterocycles. The monoisotopic (exact) mass is 641 g/mol. The Kier molecular flexibility index (Phi) is 8.15. The number of aryl methyl sites for hydroxylation is 1. The number of amides is 1. The Balaban J connectivity index is 1.16. The zero-order chi connectivity index (χ0) is 32.8. The number of nitrogens with one attached hydrogen (secondary N) is 1. The lowest BCUT2D eigenvalue weighted by Gasteiger charge is -2.35. The van der Waals surface area contributed by atoms with E-state index < -0.39 is 12.4 Å². The van der Waals surface area contributed by atoms with Gasteiger partial charge in [0.05, 0.1) is 24.2 Å². The van der Waals surface area contributed by atoms with Gasteiger partial charge in [-0.05, 0) is 53.9 Å². The van der Waals surface area contributed by atoms with Gasteiger partial charge in [-0.15, -0.1) is 0 Å². The van der Waals surface area contributed by atoms with Crippen LogP contribution in [0.5, 0.6) is 0 Å². The highest BCUT2D eigenvalue weighted by molar-refractivity contribution is 6.07. The quantitative estimate of drug-likeness (QED) is 0.281. The highest BCUT2D eigenvalue weighted by atomic mass is 19.1. The molecule has 0 unspecified atom stereocenters. The molecule has 12 heteroatoms. The SMILES string of the molecule is C=C1Cc2cc3n(c2C1)CCN(c1cc(F)cc(-c2cc(Nc4ccc(N5CCN(CCF)CC5)cn4)c(=O)n(C)c2)c1CO)C3=O. The average Bonchev–Trinajstić information content (AvgIpc) is 3.60. The lowest BCUT2D eigenvalue weighted by atomic mass is 9.97. The predicted molar refractivity (Wildman–Crippen MR) is 178 cm³/mol. The maximum Gasteiger partial charge on any atom is 0.274 e. The number of aromatic nitrogens is 3. The Morgan fingerprint density at radius 3 is 2.55 bits per heavy atom. The van der Waals surface area contributed by atoms with E-state index in [9.17, 15) is 19.1 Å². The molecule has 2 N–H and O–H groups in total. The van der Waals surface area contributed by atoms with Crippen LogP contribution < -0.4 is 20.7 Å². The Bertz CT molecular complexity index is 1930. The van der Waals surface area contributed by atoms with Gasteiger partial charge in [-0.1, -0.05) is 12.2 Å². The number of aliphatic hydroxyl groups excluding tert-OH is 1. The van der Waals surface area contributed by atoms with Crippen LogP contribution in [0.2, 0.25) is 0 Å². The standard InChI is InChI=1S/C35H37F2N7O3/c1-22-13-23-16-32-35(47)44(12-11-43(32)30(23)14-22)31-18-25(37)17-27(28(31)21-45)24-15-29(34(46)40(2)20-24)39-33-4-3-26(19-38-33)42-9-7-41(6-5-36)8-10-42/h3-4,15-20,45H,1,5-14,21H2,2H3,(H,38,39). The van der Waals surface area contributed by atoms with Gasteiger partial charge in [0, 0.05) is 82.3 Å². The lowest BCUT2D eigenvalue weighted by molar-refractivity contribution is 0.0964. The molecule has 47 heavy (non-hydrogen) atoms. The molecule has 0 bridgehead atoms. The molecule has 1 aliphatic carbocycles. The first-order chi connectivity index (χ1) is 22.7. The minimum atomic E-state index is -0.564. The summed E-state index contributed by atoms with van der Waals surface area (Å²) in [6.45, 7) is 7.73. The van der Waals surface area contributed by atoms with Gasteiger partial charge in [-0.2, -0.15) is 0 Å². The molecule has 244 valence electrons. The molecule has 1 amide bonds. The lowest BCUT2D eigenvalue weighted by Crippen LogP contribution is -2.47. The number of nitrogens with zero attached hydrogens (tertiary/aromatic N) is 6. The summed E-state index contributed by atoms with van der Waals surface area (Å²) in [6, 6.07) is 9.83. The third-order valence-electron chi connectivity index (χ3n) is 9.45. The second-order valence-electron chi connectivity index (χ2n) is 12.4. The molecule has 10 nitrogen and oxygen atoms in total. The number of carbonyl (C=O) groups is 1. The number of anilines is 4. The highest BCUT2D eigenvalue weighted by Gasteiger charge is 2.33. The Labute approximate surface area is 271 Å². The van der Waals surface area contributed by atoms with E-state index in [2.05, 4.69) is 26.7 Å². The summed E-state index contributed by atoms with van der Waals surface area (Å²) in [5, 5.41) is 13.7. The van der Waals surface area contributed by atoms with Crippen LogP contribution in [0.1, 0.15) is 27.3 Å². The molecule has 1 saturated heterocycles. The highest BCUT2D eigenvalue weighted by Crippen LogP contribution is 2.37. The van der Waals surface area contributed by atoms with E-state index in [1.54, 1.807) is 31.6 Å². The molecule has 0 spiro atoms. The van der Waals surface area contributed by atoms with E-state index in [1.165, 1.54) is 21.6 Å². The second kappa shape index (κ2) is 12.4. The molecule has 1 fully saturated rings. The summed E-state index contributed by atoms with van der Waals surface area (Å²) >= 11 is 0. The van der Waals surface area contributed by atoms with Gasteiger partial charge in [0.2, 0.25) is 0 Å². The topological polar surface area (TPSA) is 98.9 Å². The third-order valence-corrected chi connectivity index (χ3v) is 9.45. The number of benzene rings is 1. The number of aliphatic hydroxyl groups is 1. The first kappa shape index (κ1) is 30.8. The van der Waals surface area contributed by atoms with Crippen LogP contribution in [0.3, 0.4) is 0 Å². The second-order valence-corrected chi connectivity index (χ2v) is 12.4. The smallest absolute Gasteiger partial charge is 0.274 e. The summed E-state index contributed by atoms with van der Waals surface area (Å²) < 4.78 is 31.4. The fraction of sp³-hybridized carbons (Fsp3) is 0.343. The van der Waals surface area contributed by atoms with Crippen molar-refractivity contribution < 1.29 is 18.7 Å². The summed E-state index contributed by atoms with van der Waals surface area (Å²) in [6.07, 6.45) is 4.82. The Hall–Kier alpha value is -4.81. The molecule has 0 atom stereocenters. The molecule has 0 saturated carbocycles. The zero-order valence-electron chi connectivity index (χ0n) is 26.3. The van der Waals surface area contributed by atoms with Crippen molar-refractivity contribution in [1.29, 1.82) is 0 Å². The van der Waals surface area contributed by atoms with Crippen molar-refractivity contribution in [2.75, 3.05) is 61.1 Å². The normalized spacial score (nSPS) is 16.5. The van der Waals surface area contributed by atoms with Gasteiger partial charge in [0.15, 0.2) is 0 Å². The molecule has 1 aromatic carbocycles. The maximum absolute atomic E-state index is 15.3. The number of pyridine rings is 2. The molecule has 7 rings (SSSR count). The van der Waals surface area contributed by atoms with Crippen molar-refractivity contribution >= 4 is 28.8 Å². The van der Waals surface area contributed by atoms with E-state index in [1.807, 2.05) is 16.7 Å². The molecule has 4 aromatic rings. The molecule has 3 aliphatic rings. The van der Waals surface area contributed by atoms with Crippen LogP contribution in [0.25, 0.3) is 11.1 Å². The zero-order valence-corrected chi connectivity index (χ0v) is 26.3. The maximum atomic E-state index is 15.3. The van der Waals surface area contributed by atoms with E-state index in [0.717, 1.165) is 61.5 Å². The number of carbonyl (C=O) groups excluding carboxylic acids is 1. The van der Waals surface area contributed by atoms with Crippen molar-refractivity contribution in [3.05, 3.63) is 99.6 Å². The van der Waals surface area contributed by atoms with Crippen molar-refractivity contribution in [3.8, 4) is 11.1 Å². The third kappa shape index (κ3) is 5.72. The van der Waals surface area contributed by atoms with Gasteiger partial charge in [-0.25, -0.2) is 13.8 Å². The average molecular weight is 642 g/mol. The number of alkyl halides is 1. The number of fused-ring (bicyclic) bond motifs is 3. The van der Waals surface area contributed by atoms with Crippen LogP contribution in [-0.2, 0) is 33.0 Å². The number of hydrogen-bond donors (Lipinski definition) is 2. The largest absolute Gasteiger partial charge is 0.392 e. The van der Waals surface area contributed by atoms with E-state index in [0.29, 0.717) is 53.5 Å². The van der Waals surface area contributed by atoms with E-state index >= 15 is 4.39 Å². The van der Waals surface area contributed by atoms with Gasteiger partial charge in [0.25, 0.3) is 11.5 Å². The van der Waals surface area contributed by atoms with Gasteiger partial charge >= 0.3 is 0 Å². The van der Waals surface area contributed by atoms with E-state index in [4.69, 9.17) is 0 Å². The predicted octanol–water partition coefficient (Wildman–Crippen LogP) is 4.03. The molecule has 3 aromatic heterocycles. The minimum absolute atomic E-state index is 0.225. The Morgan fingerprint density at radius 2 is 1.83 bits per heavy atom. The first-order valence-electron chi connectivity index (χ1n) is 15.8. The summed E-state index contributed by atoms with van der Waals surface area (Å²) in [4.78, 5) is 37.3. The van der Waals surface area contributed by atoms with E-state index in [-0.39, 0.29) is 23.8 Å². The number of piperazine rings is 1. The fourth-order valence-corrected chi connectivity index (χ4v) is 7.05. The summed E-state index contributed by atoms with van der Waals surface area (Å²) in [5.74, 6) is -0.355. The molecule has 0 radical (unpaired) electrons. The summed E-state index contributed by atoms with van der Waals surface area (Å²) in [5.41, 5.74) is 6.30. The van der Waals surface area contributed by atoms with Crippen molar-refractivity contribution in [2.45, 2.75) is 26.0 Å². The van der Waals surface area contributed by atoms with Gasteiger partial charge in [-0.3, -0.25) is 14.5 Å². The van der Waals surface area contributed by atoms with Crippen LogP contribution in [0, 0.1) is 5.82 Å². The van der Waals surface area contributed by atoms with Crippen LogP contribution >= 0.6 is 0 Å². The van der Waals surface area contributed by atoms with Crippen LogP contribution in [-0.4, -0.2) is 76.0 Å². The molecule has 5 heterocycles. The van der Waals surface area contributed by atoms with Crippen molar-refractivity contribution in [3.63, 3.8) is 0 Å². The van der Waals surface area contributed by atoms with Crippen molar-refractivity contribution in [1.82, 2.24) is 19.0 Å². The number of allylic oxidation sites excluding steroid dienone is 1. The van der Waals surface area contributed by atoms with Crippen LogP contribution in [0.15, 0.2) is 65.7 Å². The fourth-order valence-electron chi connectivity index (χ4n) is 7.05. The number of rotatable bonds is 8. The van der Waals surface area contributed by atoms with Crippen molar-refractivity contribution in [2.24, 2.45) is 7.05 Å². The number of halogens is 2. The number of hydrogen-bond acceptors (Lipinski definition) is 7. The minimum Gasteiger partial charge on any atom is -0.392 e. The molecular formula is C35H37F2N7O3. The van der Waals surface area contributed by atoms with Crippen LogP contribution in [0.4, 0.5) is 31.7 Å². The van der Waals surface area contributed by atoms with Gasteiger partial charge < -0.3 is 29.4 Å². The first-order valence-corrected chi connectivity index (χ1v) is 15.8. The van der Waals surface area contributed by atoms with Gasteiger partial charge in [0.1, 0.15) is 29.7 Å². The summed E-state index contributed by atoms with van der Waals surface area (Å²) in [7, 11) is 1.60. The molecular weight excluding hydrogens is 604 g/mol.